The van der Waals surface area contributed by atoms with E-state index in [1.54, 1.807) is 18.0 Å². The third-order valence-corrected chi connectivity index (χ3v) is 5.89. The van der Waals surface area contributed by atoms with Crippen LogP contribution >= 0.6 is 11.8 Å². The maximum atomic E-state index is 12.4. The molecule has 0 bridgehead atoms. The monoisotopic (exact) mass is 457 g/mol. The van der Waals surface area contributed by atoms with Gasteiger partial charge in [0.05, 0.1) is 24.7 Å². The zero-order valence-corrected chi connectivity index (χ0v) is 19.6. The number of aliphatic imine (C=N–C) groups is 1. The SMILES string of the molecule is CC(C)C1=NC=CC=CCNCC(=O)NCC(=O)N(C)CC(=O)NCc2ccccc2S1. The van der Waals surface area contributed by atoms with Gasteiger partial charge in [-0.05, 0) is 17.7 Å². The molecule has 1 aliphatic heterocycles. The van der Waals surface area contributed by atoms with Crippen molar-refractivity contribution in [1.82, 2.24) is 20.9 Å². The lowest BCUT2D eigenvalue weighted by Gasteiger charge is -2.18. The second-order valence-corrected chi connectivity index (χ2v) is 8.60. The van der Waals surface area contributed by atoms with Crippen LogP contribution in [0.2, 0.25) is 0 Å². The summed E-state index contributed by atoms with van der Waals surface area (Å²) in [7, 11) is 1.54. The quantitative estimate of drug-likeness (QED) is 0.596. The van der Waals surface area contributed by atoms with Gasteiger partial charge in [0.15, 0.2) is 0 Å². The topological polar surface area (TPSA) is 103 Å². The maximum absolute atomic E-state index is 12.4. The van der Waals surface area contributed by atoms with Gasteiger partial charge in [-0.15, -0.1) is 0 Å². The predicted molar refractivity (Wildman–Crippen MR) is 128 cm³/mol. The largest absolute Gasteiger partial charge is 0.350 e. The molecule has 3 N–H and O–H groups in total. The molecular formula is C23H31N5O3S. The first kappa shape index (κ1) is 25.4. The molecule has 8 nitrogen and oxygen atoms in total. The first-order valence-electron chi connectivity index (χ1n) is 10.5. The molecule has 0 fully saturated rings. The van der Waals surface area contributed by atoms with Crippen LogP contribution in [0.1, 0.15) is 19.4 Å². The van der Waals surface area contributed by atoms with Gasteiger partial charge in [0, 0.05) is 37.2 Å². The van der Waals surface area contributed by atoms with Gasteiger partial charge in [-0.25, -0.2) is 0 Å². The average Bonchev–Trinajstić information content (AvgIpc) is 2.76. The predicted octanol–water partition coefficient (Wildman–Crippen LogP) is 1.70. The fraction of sp³-hybridized carbons (Fsp3) is 0.391. The van der Waals surface area contributed by atoms with Gasteiger partial charge in [-0.2, -0.15) is 0 Å². The van der Waals surface area contributed by atoms with Crippen LogP contribution in [0.3, 0.4) is 0 Å². The average molecular weight is 458 g/mol. The fourth-order valence-electron chi connectivity index (χ4n) is 2.66. The van der Waals surface area contributed by atoms with Crippen molar-refractivity contribution in [2.24, 2.45) is 10.9 Å². The first-order chi connectivity index (χ1) is 15.4. The molecule has 0 radical (unpaired) electrons. The molecule has 1 aromatic rings. The van der Waals surface area contributed by atoms with E-state index in [0.717, 1.165) is 15.5 Å². The minimum atomic E-state index is -0.335. The lowest BCUT2D eigenvalue weighted by Crippen LogP contribution is -2.44. The standard InChI is InChI=1S/C23H31N5O3S/c1-17(2)23-25-12-8-4-7-11-24-14-20(29)27-15-22(31)28(3)16-21(30)26-13-18-9-5-6-10-19(18)32-23/h4-10,12,17,24H,11,13-16H2,1-3H3,(H,26,30)(H,27,29). The molecule has 2 rings (SSSR count). The molecule has 9 heteroatoms. The summed E-state index contributed by atoms with van der Waals surface area (Å²) in [6.45, 7) is 4.88. The number of hydrogen-bond acceptors (Lipinski definition) is 6. The molecule has 0 saturated carbocycles. The third kappa shape index (κ3) is 9.07. The number of allylic oxidation sites excluding steroid dienone is 2. The van der Waals surface area contributed by atoms with Crippen molar-refractivity contribution >= 4 is 34.5 Å². The number of rotatable bonds is 1. The summed E-state index contributed by atoms with van der Waals surface area (Å²) in [6.07, 6.45) is 7.34. The van der Waals surface area contributed by atoms with Crippen LogP contribution in [0.5, 0.6) is 0 Å². The minimum absolute atomic E-state index is 0.0868. The highest BCUT2D eigenvalue weighted by Gasteiger charge is 2.15. The van der Waals surface area contributed by atoms with Crippen LogP contribution in [0.25, 0.3) is 0 Å². The van der Waals surface area contributed by atoms with Crippen molar-refractivity contribution < 1.29 is 14.4 Å². The van der Waals surface area contributed by atoms with Crippen LogP contribution in [0.4, 0.5) is 0 Å². The molecule has 0 aromatic heterocycles. The maximum Gasteiger partial charge on any atom is 0.242 e. The Hall–Kier alpha value is -2.91. The number of nitrogens with one attached hydrogen (secondary N) is 3. The summed E-state index contributed by atoms with van der Waals surface area (Å²) in [4.78, 5) is 43.3. The summed E-state index contributed by atoms with van der Waals surface area (Å²) in [6, 6.07) is 7.86. The molecule has 0 atom stereocenters. The Labute approximate surface area is 193 Å². The molecule has 0 aliphatic carbocycles. The summed E-state index contributed by atoms with van der Waals surface area (Å²) >= 11 is 1.58. The second kappa shape index (κ2) is 13.5. The van der Waals surface area contributed by atoms with Crippen LogP contribution in [0.15, 0.2) is 58.6 Å². The number of carbonyl (C=O) groups is 3. The number of likely N-dealkylation sites (N-methyl/N-ethyl adjacent to an activating group) is 1. The van der Waals surface area contributed by atoms with Crippen molar-refractivity contribution in [2.75, 3.05) is 33.2 Å². The highest BCUT2D eigenvalue weighted by Crippen LogP contribution is 2.27. The molecule has 32 heavy (non-hydrogen) atoms. The summed E-state index contributed by atoms with van der Waals surface area (Å²) < 4.78 is 0. The van der Waals surface area contributed by atoms with E-state index in [4.69, 9.17) is 0 Å². The second-order valence-electron chi connectivity index (χ2n) is 7.54. The summed E-state index contributed by atoms with van der Waals surface area (Å²) in [5.74, 6) is -0.659. The van der Waals surface area contributed by atoms with E-state index in [2.05, 4.69) is 34.8 Å². The van der Waals surface area contributed by atoms with Gasteiger partial charge in [-0.3, -0.25) is 19.4 Å². The van der Waals surface area contributed by atoms with Crippen molar-refractivity contribution in [3.05, 3.63) is 54.3 Å². The molecule has 1 aromatic carbocycles. The van der Waals surface area contributed by atoms with Gasteiger partial charge in [0.1, 0.15) is 0 Å². The zero-order valence-electron chi connectivity index (χ0n) is 18.8. The number of amides is 3. The molecule has 0 unspecified atom stereocenters. The lowest BCUT2D eigenvalue weighted by atomic mass is 10.2. The smallest absolute Gasteiger partial charge is 0.242 e. The van der Waals surface area contributed by atoms with Gasteiger partial charge < -0.3 is 20.9 Å². The molecule has 1 aliphatic rings. The normalized spacial score (nSPS) is 17.8. The van der Waals surface area contributed by atoms with E-state index in [1.165, 1.54) is 11.9 Å². The number of thioether (sulfide) groups is 1. The Balaban J connectivity index is 2.19. The molecule has 0 saturated heterocycles. The van der Waals surface area contributed by atoms with Gasteiger partial charge in [-0.1, -0.05) is 56.0 Å². The zero-order chi connectivity index (χ0) is 23.3. The van der Waals surface area contributed by atoms with E-state index in [0.29, 0.717) is 13.1 Å². The van der Waals surface area contributed by atoms with Crippen LogP contribution in [-0.2, 0) is 20.9 Å². The summed E-state index contributed by atoms with van der Waals surface area (Å²) in [5.41, 5.74) is 0.973. The Kier molecular flexibility index (Phi) is 10.7. The Morgan fingerprint density at radius 3 is 2.53 bits per heavy atom. The molecule has 3 amide bonds. The van der Waals surface area contributed by atoms with Crippen LogP contribution < -0.4 is 16.0 Å². The van der Waals surface area contributed by atoms with Gasteiger partial charge in [0.25, 0.3) is 0 Å². The highest BCUT2D eigenvalue weighted by atomic mass is 32.2. The van der Waals surface area contributed by atoms with E-state index >= 15 is 0 Å². The fourth-order valence-corrected chi connectivity index (χ4v) is 3.65. The van der Waals surface area contributed by atoms with Gasteiger partial charge >= 0.3 is 0 Å². The Morgan fingerprint density at radius 2 is 1.75 bits per heavy atom. The molecular weight excluding hydrogens is 426 g/mol. The van der Waals surface area contributed by atoms with E-state index in [1.807, 2.05) is 42.5 Å². The summed E-state index contributed by atoms with van der Waals surface area (Å²) in [5, 5.41) is 9.35. The van der Waals surface area contributed by atoms with Crippen LogP contribution in [0, 0.1) is 5.92 Å². The number of fused-ring (bicyclic) bond motifs is 1. The number of benzene rings is 1. The molecule has 172 valence electrons. The number of hydrogen-bond donors (Lipinski definition) is 3. The minimum Gasteiger partial charge on any atom is -0.350 e. The lowest BCUT2D eigenvalue weighted by molar-refractivity contribution is -0.135. The van der Waals surface area contributed by atoms with E-state index in [-0.39, 0.29) is 43.3 Å². The van der Waals surface area contributed by atoms with Crippen LogP contribution in [-0.4, -0.2) is 60.9 Å². The third-order valence-electron chi connectivity index (χ3n) is 4.48. The first-order valence-corrected chi connectivity index (χ1v) is 11.3. The van der Waals surface area contributed by atoms with Gasteiger partial charge in [0.2, 0.25) is 17.7 Å². The molecule has 0 spiro atoms. The van der Waals surface area contributed by atoms with Crippen molar-refractivity contribution in [3.8, 4) is 0 Å². The van der Waals surface area contributed by atoms with E-state index < -0.39 is 0 Å². The number of carbonyl (C=O) groups excluding carboxylic acids is 3. The number of nitrogens with zero attached hydrogens (tertiary/aromatic N) is 2. The molecule has 1 heterocycles. The highest BCUT2D eigenvalue weighted by molar-refractivity contribution is 8.14. The van der Waals surface area contributed by atoms with E-state index in [9.17, 15) is 14.4 Å². The van der Waals surface area contributed by atoms with Crippen molar-refractivity contribution in [3.63, 3.8) is 0 Å². The Morgan fingerprint density at radius 1 is 1.00 bits per heavy atom. The van der Waals surface area contributed by atoms with Crippen molar-refractivity contribution in [1.29, 1.82) is 0 Å². The Bertz CT molecular complexity index is 895. The van der Waals surface area contributed by atoms with Crippen molar-refractivity contribution in [2.45, 2.75) is 25.3 Å².